The van der Waals surface area contributed by atoms with Crippen molar-refractivity contribution in [2.45, 2.75) is 33.2 Å². The minimum absolute atomic E-state index is 0.0495. The Morgan fingerprint density at radius 3 is 2.31 bits per heavy atom. The molecule has 1 amide bonds. The van der Waals surface area contributed by atoms with Crippen LogP contribution in [0.1, 0.15) is 20.8 Å². The Morgan fingerprint density at radius 2 is 1.92 bits per heavy atom. The van der Waals surface area contributed by atoms with Crippen LogP contribution in [-0.2, 0) is 14.3 Å². The van der Waals surface area contributed by atoms with Gasteiger partial charge in [-0.2, -0.15) is 0 Å². The Morgan fingerprint density at radius 1 is 1.38 bits per heavy atom. The maximum Gasteiger partial charge on any atom is 0.251 e. The van der Waals surface area contributed by atoms with Gasteiger partial charge in [-0.15, -0.1) is 0 Å². The van der Waals surface area contributed by atoms with Crippen molar-refractivity contribution in [1.29, 1.82) is 0 Å². The van der Waals surface area contributed by atoms with E-state index in [1.807, 2.05) is 6.92 Å². The Kier molecular flexibility index (Phi) is 5.66. The summed E-state index contributed by atoms with van der Waals surface area (Å²) in [5.74, 6) is -0.0495. The van der Waals surface area contributed by atoms with Gasteiger partial charge in [-0.3, -0.25) is 4.79 Å². The third kappa shape index (κ3) is 4.85. The predicted molar refractivity (Wildman–Crippen MR) is 50.3 cm³/mol. The van der Waals surface area contributed by atoms with E-state index in [0.717, 1.165) is 0 Å². The third-order valence-electron chi connectivity index (χ3n) is 1.59. The van der Waals surface area contributed by atoms with Crippen molar-refractivity contribution in [1.82, 2.24) is 4.90 Å². The molecule has 0 saturated heterocycles. The van der Waals surface area contributed by atoms with Crippen LogP contribution in [0, 0.1) is 0 Å². The van der Waals surface area contributed by atoms with Gasteiger partial charge in [-0.25, -0.2) is 0 Å². The van der Waals surface area contributed by atoms with Crippen LogP contribution in [-0.4, -0.2) is 43.9 Å². The molecule has 4 heteroatoms. The molecule has 0 bridgehead atoms. The zero-order valence-electron chi connectivity index (χ0n) is 9.03. The van der Waals surface area contributed by atoms with Gasteiger partial charge in [0.15, 0.2) is 6.29 Å². The Balaban J connectivity index is 3.85. The molecule has 0 radical (unpaired) electrons. The number of nitrogens with zero attached hydrogens (tertiary/aromatic N) is 1. The van der Waals surface area contributed by atoms with Crippen molar-refractivity contribution in [2.75, 3.05) is 20.7 Å². The van der Waals surface area contributed by atoms with Gasteiger partial charge in [0.1, 0.15) is 6.10 Å². The van der Waals surface area contributed by atoms with Crippen LogP contribution >= 0.6 is 0 Å². The molecule has 0 fully saturated rings. The van der Waals surface area contributed by atoms with E-state index in [1.54, 1.807) is 27.9 Å². The molecule has 0 N–H and O–H groups in total. The first-order valence-corrected chi connectivity index (χ1v) is 4.47. The number of amides is 1. The van der Waals surface area contributed by atoms with E-state index in [0.29, 0.717) is 6.61 Å². The van der Waals surface area contributed by atoms with Crippen LogP contribution < -0.4 is 0 Å². The van der Waals surface area contributed by atoms with E-state index in [1.165, 1.54) is 4.90 Å². The van der Waals surface area contributed by atoms with Crippen LogP contribution in [0.25, 0.3) is 0 Å². The summed E-state index contributed by atoms with van der Waals surface area (Å²) >= 11 is 0. The molecule has 0 aromatic carbocycles. The first kappa shape index (κ1) is 12.4. The molecule has 0 heterocycles. The summed E-state index contributed by atoms with van der Waals surface area (Å²) < 4.78 is 10.4. The van der Waals surface area contributed by atoms with Crippen molar-refractivity contribution in [3.8, 4) is 0 Å². The highest BCUT2D eigenvalue weighted by molar-refractivity contribution is 5.79. The number of rotatable bonds is 5. The normalized spacial score (nSPS) is 15.2. The second kappa shape index (κ2) is 5.94. The van der Waals surface area contributed by atoms with Gasteiger partial charge in [-0.1, -0.05) is 0 Å². The lowest BCUT2D eigenvalue weighted by molar-refractivity contribution is -0.173. The largest absolute Gasteiger partial charge is 0.353 e. The van der Waals surface area contributed by atoms with Gasteiger partial charge in [-0.05, 0) is 20.8 Å². The molecule has 0 aromatic rings. The minimum Gasteiger partial charge on any atom is -0.353 e. The maximum atomic E-state index is 11.3. The van der Waals surface area contributed by atoms with E-state index < -0.39 is 6.10 Å². The lowest BCUT2D eigenvalue weighted by atomic mass is 10.3. The van der Waals surface area contributed by atoms with Gasteiger partial charge in [0, 0.05) is 20.7 Å². The number of likely N-dealkylation sites (N-methyl/N-ethyl adjacent to an activating group) is 1. The molecule has 78 valence electrons. The summed E-state index contributed by atoms with van der Waals surface area (Å²) in [5, 5.41) is 0. The Bertz CT molecular complexity index is 159. The van der Waals surface area contributed by atoms with Gasteiger partial charge in [0.25, 0.3) is 5.91 Å². The third-order valence-corrected chi connectivity index (χ3v) is 1.59. The summed E-state index contributed by atoms with van der Waals surface area (Å²) in [5.41, 5.74) is 0. The zero-order valence-corrected chi connectivity index (χ0v) is 9.03. The number of hydrogen-bond donors (Lipinski definition) is 0. The number of ether oxygens (including phenoxy) is 2. The van der Waals surface area contributed by atoms with Crippen molar-refractivity contribution in [3.05, 3.63) is 0 Å². The van der Waals surface area contributed by atoms with Gasteiger partial charge in [0.05, 0.1) is 0 Å². The van der Waals surface area contributed by atoms with Crippen molar-refractivity contribution in [3.63, 3.8) is 0 Å². The predicted octanol–water partition coefficient (Wildman–Crippen LogP) is 0.862. The Hall–Kier alpha value is -0.610. The van der Waals surface area contributed by atoms with E-state index in [9.17, 15) is 4.79 Å². The van der Waals surface area contributed by atoms with Gasteiger partial charge in [0.2, 0.25) is 0 Å². The molecule has 1 unspecified atom stereocenters. The summed E-state index contributed by atoms with van der Waals surface area (Å²) in [7, 11) is 3.40. The first-order valence-electron chi connectivity index (χ1n) is 4.47. The summed E-state index contributed by atoms with van der Waals surface area (Å²) in [6.07, 6.45) is -0.777. The molecule has 0 spiro atoms. The second-order valence-electron chi connectivity index (χ2n) is 3.03. The molecule has 0 aliphatic heterocycles. The van der Waals surface area contributed by atoms with Crippen molar-refractivity contribution in [2.24, 2.45) is 0 Å². The Labute approximate surface area is 79.8 Å². The number of carbonyl (C=O) groups is 1. The van der Waals surface area contributed by atoms with Crippen molar-refractivity contribution < 1.29 is 14.3 Å². The summed E-state index contributed by atoms with van der Waals surface area (Å²) in [4.78, 5) is 12.8. The first-order chi connectivity index (χ1) is 5.99. The fourth-order valence-electron chi connectivity index (χ4n) is 0.983. The van der Waals surface area contributed by atoms with Crippen LogP contribution in [0.2, 0.25) is 0 Å². The molecule has 0 aliphatic carbocycles. The maximum absolute atomic E-state index is 11.3. The standard InChI is InChI=1S/C9H19NO3/c1-6-12-8(3)13-7(2)9(11)10(4)5/h7-8H,6H2,1-5H3/t7-,8?/m0/s1. The lowest BCUT2D eigenvalue weighted by Gasteiger charge is -2.21. The smallest absolute Gasteiger partial charge is 0.251 e. The van der Waals surface area contributed by atoms with Crippen LogP contribution in [0.5, 0.6) is 0 Å². The monoisotopic (exact) mass is 189 g/mol. The summed E-state index contributed by atoms with van der Waals surface area (Å²) in [6.45, 7) is 5.98. The molecule has 13 heavy (non-hydrogen) atoms. The second-order valence-corrected chi connectivity index (χ2v) is 3.03. The fraction of sp³-hybridized carbons (Fsp3) is 0.889. The van der Waals surface area contributed by atoms with Crippen LogP contribution in [0.4, 0.5) is 0 Å². The highest BCUT2D eigenvalue weighted by atomic mass is 16.7. The van der Waals surface area contributed by atoms with E-state index >= 15 is 0 Å². The van der Waals surface area contributed by atoms with Crippen LogP contribution in [0.15, 0.2) is 0 Å². The molecule has 0 rings (SSSR count). The molecule has 0 saturated carbocycles. The van der Waals surface area contributed by atoms with E-state index in [2.05, 4.69) is 0 Å². The molecule has 0 aliphatic rings. The zero-order chi connectivity index (χ0) is 10.4. The van der Waals surface area contributed by atoms with E-state index in [-0.39, 0.29) is 12.2 Å². The average Bonchev–Trinajstić information content (AvgIpc) is 2.03. The lowest BCUT2D eigenvalue weighted by Crippen LogP contribution is -2.36. The van der Waals surface area contributed by atoms with Crippen molar-refractivity contribution >= 4 is 5.91 Å². The number of hydrogen-bond acceptors (Lipinski definition) is 3. The number of carbonyl (C=O) groups excluding carboxylic acids is 1. The molecule has 4 nitrogen and oxygen atoms in total. The fourth-order valence-corrected chi connectivity index (χ4v) is 0.983. The average molecular weight is 189 g/mol. The van der Waals surface area contributed by atoms with Crippen LogP contribution in [0.3, 0.4) is 0 Å². The van der Waals surface area contributed by atoms with Gasteiger partial charge < -0.3 is 14.4 Å². The SMILES string of the molecule is CCOC(C)O[C@@H](C)C(=O)N(C)C. The molecule has 2 atom stereocenters. The van der Waals surface area contributed by atoms with Gasteiger partial charge >= 0.3 is 0 Å². The molecular formula is C9H19NO3. The molecule has 0 aromatic heterocycles. The summed E-state index contributed by atoms with van der Waals surface area (Å²) in [6, 6.07) is 0. The minimum atomic E-state index is -0.448. The molecular weight excluding hydrogens is 170 g/mol. The quantitative estimate of drug-likeness (QED) is 0.602. The topological polar surface area (TPSA) is 38.8 Å². The van der Waals surface area contributed by atoms with E-state index in [4.69, 9.17) is 9.47 Å². The highest BCUT2D eigenvalue weighted by Crippen LogP contribution is 2.01. The highest BCUT2D eigenvalue weighted by Gasteiger charge is 2.17.